The largest absolute Gasteiger partial charge is 0.344 e. The van der Waals surface area contributed by atoms with Crippen molar-refractivity contribution in [2.45, 2.75) is 26.3 Å². The van der Waals surface area contributed by atoms with Crippen LogP contribution in [0.15, 0.2) is 78.9 Å². The van der Waals surface area contributed by atoms with Crippen LogP contribution in [-0.2, 0) is 16.0 Å². The van der Waals surface area contributed by atoms with Crippen molar-refractivity contribution in [2.75, 3.05) is 25.5 Å². The lowest BCUT2D eigenvalue weighted by molar-refractivity contribution is -0.862. The van der Waals surface area contributed by atoms with Crippen LogP contribution < -0.4 is 15.5 Å². The first-order chi connectivity index (χ1) is 15.4. The van der Waals surface area contributed by atoms with E-state index in [-0.39, 0.29) is 30.9 Å². The van der Waals surface area contributed by atoms with E-state index in [1.807, 2.05) is 87.6 Å². The Morgan fingerprint density at radius 1 is 0.812 bits per heavy atom. The van der Waals surface area contributed by atoms with Crippen LogP contribution >= 0.6 is 0 Å². The van der Waals surface area contributed by atoms with Gasteiger partial charge < -0.3 is 15.5 Å². The first kappa shape index (κ1) is 23.2. The van der Waals surface area contributed by atoms with Gasteiger partial charge in [0.15, 0.2) is 13.1 Å². The third kappa shape index (κ3) is 6.79. The molecular formula is C27H32N3O2+. The summed E-state index contributed by atoms with van der Waals surface area (Å²) in [6.45, 7) is 4.45. The summed E-state index contributed by atoms with van der Waals surface area (Å²) in [5, 5.41) is 6.12. The molecule has 0 saturated carbocycles. The van der Waals surface area contributed by atoms with Gasteiger partial charge in [0.25, 0.3) is 11.8 Å². The fourth-order valence-corrected chi connectivity index (χ4v) is 3.72. The average Bonchev–Trinajstić information content (AvgIpc) is 2.77. The Morgan fingerprint density at radius 3 is 2.12 bits per heavy atom. The number of carbonyl (C=O) groups is 2. The van der Waals surface area contributed by atoms with Crippen molar-refractivity contribution in [3.8, 4) is 0 Å². The molecule has 0 aliphatic heterocycles. The molecule has 0 heterocycles. The molecule has 3 rings (SSSR count). The van der Waals surface area contributed by atoms with Gasteiger partial charge in [-0.05, 0) is 48.6 Å². The van der Waals surface area contributed by atoms with Gasteiger partial charge in [0.1, 0.15) is 0 Å². The summed E-state index contributed by atoms with van der Waals surface area (Å²) in [5.41, 5.74) is 5.24. The topological polar surface area (TPSA) is 62.6 Å². The molecule has 0 radical (unpaired) electrons. The van der Waals surface area contributed by atoms with E-state index in [0.29, 0.717) is 6.42 Å². The van der Waals surface area contributed by atoms with Gasteiger partial charge in [-0.1, -0.05) is 72.8 Å². The molecule has 1 unspecified atom stereocenters. The van der Waals surface area contributed by atoms with Crippen LogP contribution in [0.4, 0.5) is 5.69 Å². The molecule has 2 amide bonds. The number of amides is 2. The maximum absolute atomic E-state index is 12.8. The van der Waals surface area contributed by atoms with Gasteiger partial charge in [0.2, 0.25) is 0 Å². The van der Waals surface area contributed by atoms with Crippen molar-refractivity contribution in [2.24, 2.45) is 0 Å². The van der Waals surface area contributed by atoms with Gasteiger partial charge in [-0.3, -0.25) is 9.59 Å². The normalized spacial score (nSPS) is 12.6. The molecule has 166 valence electrons. The number of carbonyl (C=O) groups excluding carboxylic acids is 2. The summed E-state index contributed by atoms with van der Waals surface area (Å²) < 4.78 is 0. The van der Waals surface area contributed by atoms with Crippen molar-refractivity contribution in [1.29, 1.82) is 0 Å². The quantitative estimate of drug-likeness (QED) is 0.489. The summed E-state index contributed by atoms with van der Waals surface area (Å²) in [5.74, 6) is -0.181. The third-order valence-electron chi connectivity index (χ3n) is 5.62. The average molecular weight is 431 g/mol. The Bertz CT molecular complexity index is 1040. The van der Waals surface area contributed by atoms with Gasteiger partial charge in [-0.2, -0.15) is 0 Å². The number of anilines is 1. The van der Waals surface area contributed by atoms with Crippen molar-refractivity contribution >= 4 is 17.5 Å². The van der Waals surface area contributed by atoms with Crippen LogP contribution in [0.1, 0.15) is 28.3 Å². The second-order valence-corrected chi connectivity index (χ2v) is 8.33. The van der Waals surface area contributed by atoms with E-state index in [1.54, 1.807) is 0 Å². The molecule has 0 aliphatic carbocycles. The van der Waals surface area contributed by atoms with Crippen molar-refractivity contribution in [3.63, 3.8) is 0 Å². The Kier molecular flexibility index (Phi) is 8.17. The summed E-state index contributed by atoms with van der Waals surface area (Å²) >= 11 is 0. The summed E-state index contributed by atoms with van der Waals surface area (Å²) in [7, 11) is 1.86. The minimum atomic E-state index is -0.123. The van der Waals surface area contributed by atoms with Crippen LogP contribution in [0, 0.1) is 13.8 Å². The second-order valence-electron chi connectivity index (χ2n) is 8.33. The van der Waals surface area contributed by atoms with E-state index in [9.17, 15) is 9.59 Å². The zero-order valence-electron chi connectivity index (χ0n) is 19.0. The van der Waals surface area contributed by atoms with E-state index in [0.717, 1.165) is 32.8 Å². The highest BCUT2D eigenvalue weighted by atomic mass is 16.2. The second kappa shape index (κ2) is 11.3. The number of aryl methyl sites for hydroxylation is 1. The van der Waals surface area contributed by atoms with Crippen molar-refractivity contribution in [3.05, 3.63) is 101 Å². The van der Waals surface area contributed by atoms with Crippen LogP contribution in [0.2, 0.25) is 0 Å². The number of rotatable bonds is 9. The van der Waals surface area contributed by atoms with Gasteiger partial charge in [-0.25, -0.2) is 0 Å². The number of quaternary nitrogens is 1. The van der Waals surface area contributed by atoms with Crippen molar-refractivity contribution in [1.82, 2.24) is 5.32 Å². The van der Waals surface area contributed by atoms with E-state index in [1.165, 1.54) is 0 Å². The van der Waals surface area contributed by atoms with Gasteiger partial charge >= 0.3 is 0 Å². The molecule has 5 nitrogen and oxygen atoms in total. The minimum absolute atomic E-state index is 0.0770. The predicted molar refractivity (Wildman–Crippen MR) is 129 cm³/mol. The highest BCUT2D eigenvalue weighted by Crippen LogP contribution is 2.19. The third-order valence-corrected chi connectivity index (χ3v) is 5.62. The van der Waals surface area contributed by atoms with Gasteiger partial charge in [-0.15, -0.1) is 0 Å². The SMILES string of the molecule is Cc1cccc(NC(=O)C[NH+](C)CC(=O)N[C@@H](Cc2ccccc2)c2ccccc2)c1C. The first-order valence-corrected chi connectivity index (χ1v) is 11.0. The molecule has 32 heavy (non-hydrogen) atoms. The summed E-state index contributed by atoms with van der Waals surface area (Å²) in [6, 6.07) is 25.8. The fraction of sp³-hybridized carbons (Fsp3) is 0.259. The van der Waals surface area contributed by atoms with E-state index < -0.39 is 0 Å². The first-order valence-electron chi connectivity index (χ1n) is 11.0. The number of hydrogen-bond donors (Lipinski definition) is 3. The van der Waals surface area contributed by atoms with Gasteiger partial charge in [0, 0.05) is 5.69 Å². The summed E-state index contributed by atoms with van der Waals surface area (Å²) in [6.07, 6.45) is 0.711. The number of nitrogens with one attached hydrogen (secondary N) is 3. The molecule has 3 aromatic carbocycles. The zero-order chi connectivity index (χ0) is 22.9. The number of likely N-dealkylation sites (N-methyl/N-ethyl adjacent to an activating group) is 1. The lowest BCUT2D eigenvalue weighted by atomic mass is 9.99. The molecule has 0 saturated heterocycles. The zero-order valence-corrected chi connectivity index (χ0v) is 19.0. The Balaban J connectivity index is 1.57. The molecule has 0 fully saturated rings. The number of benzene rings is 3. The van der Waals surface area contributed by atoms with E-state index in [4.69, 9.17) is 0 Å². The molecule has 0 bridgehead atoms. The lowest BCUT2D eigenvalue weighted by Gasteiger charge is -2.21. The molecular weight excluding hydrogens is 398 g/mol. The molecule has 3 aromatic rings. The standard InChI is InChI=1S/C27H31N3O2/c1-20-11-10-16-24(21(20)2)28-26(31)18-30(3)19-27(32)29-25(23-14-8-5-9-15-23)17-22-12-6-4-7-13-22/h4-16,25H,17-19H2,1-3H3,(H,28,31)(H,29,32)/p+1/t25-/m0/s1. The molecule has 5 heteroatoms. The van der Waals surface area contributed by atoms with Crippen LogP contribution in [0.3, 0.4) is 0 Å². The molecule has 3 N–H and O–H groups in total. The highest BCUT2D eigenvalue weighted by molar-refractivity contribution is 5.92. The summed E-state index contributed by atoms with van der Waals surface area (Å²) in [4.78, 5) is 26.1. The lowest BCUT2D eigenvalue weighted by Crippen LogP contribution is -3.11. The predicted octanol–water partition coefficient (Wildman–Crippen LogP) is 2.86. The molecule has 0 spiro atoms. The Labute approximate surface area is 190 Å². The fourth-order valence-electron chi connectivity index (χ4n) is 3.72. The van der Waals surface area contributed by atoms with Crippen molar-refractivity contribution < 1.29 is 14.5 Å². The maximum Gasteiger partial charge on any atom is 0.279 e. The maximum atomic E-state index is 12.8. The minimum Gasteiger partial charge on any atom is -0.344 e. The van der Waals surface area contributed by atoms with Crippen LogP contribution in [0.5, 0.6) is 0 Å². The van der Waals surface area contributed by atoms with E-state index >= 15 is 0 Å². The number of hydrogen-bond acceptors (Lipinski definition) is 2. The Morgan fingerprint density at radius 2 is 1.44 bits per heavy atom. The van der Waals surface area contributed by atoms with Gasteiger partial charge in [0.05, 0.1) is 13.1 Å². The molecule has 0 aromatic heterocycles. The molecule has 2 atom stereocenters. The smallest absolute Gasteiger partial charge is 0.279 e. The Hall–Kier alpha value is -3.44. The van der Waals surface area contributed by atoms with Crippen LogP contribution in [-0.4, -0.2) is 32.0 Å². The molecule has 0 aliphatic rings. The van der Waals surface area contributed by atoms with Crippen LogP contribution in [0.25, 0.3) is 0 Å². The van der Waals surface area contributed by atoms with E-state index in [2.05, 4.69) is 22.8 Å². The monoisotopic (exact) mass is 430 g/mol. The highest BCUT2D eigenvalue weighted by Gasteiger charge is 2.19.